The maximum Gasteiger partial charge on any atom is 0.271 e. The number of fused-ring (bicyclic) bond motifs is 1. The number of thiazole rings is 1. The van der Waals surface area contributed by atoms with Crippen LogP contribution in [-0.4, -0.2) is 40.0 Å². The van der Waals surface area contributed by atoms with Crippen LogP contribution < -0.4 is 10.2 Å². The third kappa shape index (κ3) is 3.32. The number of piperidine rings is 1. The lowest BCUT2D eigenvalue weighted by Gasteiger charge is -2.32. The van der Waals surface area contributed by atoms with Crippen LogP contribution in [-0.2, 0) is 0 Å². The minimum absolute atomic E-state index is 0.151. The Morgan fingerprint density at radius 1 is 1.28 bits per heavy atom. The molecule has 1 aliphatic rings. The minimum atomic E-state index is -0.151. The van der Waals surface area contributed by atoms with E-state index < -0.39 is 0 Å². The van der Waals surface area contributed by atoms with E-state index in [1.165, 1.54) is 22.7 Å². The number of nitrogens with one attached hydrogen (secondary N) is 1. The van der Waals surface area contributed by atoms with E-state index in [9.17, 15) is 4.79 Å². The van der Waals surface area contributed by atoms with Crippen molar-refractivity contribution in [3.8, 4) is 0 Å². The molecule has 3 heterocycles. The van der Waals surface area contributed by atoms with Crippen LogP contribution in [0.2, 0.25) is 0 Å². The normalized spacial score (nSPS) is 15.5. The molecule has 1 aromatic carbocycles. The molecule has 0 bridgehead atoms. The first-order chi connectivity index (χ1) is 12.2. The number of rotatable bonds is 3. The summed E-state index contributed by atoms with van der Waals surface area (Å²) in [5.41, 5.74) is 2.68. The zero-order valence-electron chi connectivity index (χ0n) is 14.0. The smallest absolute Gasteiger partial charge is 0.271 e. The lowest BCUT2D eigenvalue weighted by Crippen LogP contribution is -2.44. The second-order valence-electron chi connectivity index (χ2n) is 6.24. The van der Waals surface area contributed by atoms with Crippen LogP contribution in [0, 0.1) is 6.92 Å². The summed E-state index contributed by atoms with van der Waals surface area (Å²) < 4.78 is 1.23. The molecule has 1 fully saturated rings. The highest BCUT2D eigenvalue weighted by atomic mass is 32.1. The van der Waals surface area contributed by atoms with Gasteiger partial charge in [0.05, 0.1) is 16.4 Å². The van der Waals surface area contributed by atoms with Crippen LogP contribution in [0.3, 0.4) is 0 Å². The van der Waals surface area contributed by atoms with Crippen molar-refractivity contribution in [2.45, 2.75) is 25.8 Å². The summed E-state index contributed by atoms with van der Waals surface area (Å²) >= 11 is 1.74. The Labute approximate surface area is 149 Å². The van der Waals surface area contributed by atoms with Crippen LogP contribution in [0.1, 0.15) is 28.9 Å². The van der Waals surface area contributed by atoms with E-state index in [1.807, 2.05) is 0 Å². The van der Waals surface area contributed by atoms with Gasteiger partial charge in [0.25, 0.3) is 5.91 Å². The van der Waals surface area contributed by atoms with Gasteiger partial charge in [0.2, 0.25) is 0 Å². The number of nitrogens with zero attached hydrogens (tertiary/aromatic N) is 4. The fraction of sp³-hybridized carbons (Fsp3) is 0.333. The molecule has 4 rings (SSSR count). The zero-order valence-corrected chi connectivity index (χ0v) is 14.8. The van der Waals surface area contributed by atoms with Gasteiger partial charge < -0.3 is 10.2 Å². The van der Waals surface area contributed by atoms with Gasteiger partial charge in [-0.25, -0.2) is 9.97 Å². The molecule has 0 unspecified atom stereocenters. The standard InChI is InChI=1S/C18H19N5OS/c1-12-3-2-4-15-16(12)22-18(25-15)23-9-5-13(6-10-23)21-17(24)14-11-19-7-8-20-14/h2-4,7-8,11,13H,5-6,9-10H2,1H3,(H,21,24). The van der Waals surface area contributed by atoms with Crippen molar-refractivity contribution < 1.29 is 4.79 Å². The van der Waals surface area contributed by atoms with Crippen LogP contribution in [0.25, 0.3) is 10.2 Å². The molecule has 0 radical (unpaired) electrons. The molecule has 6 nitrogen and oxygen atoms in total. The summed E-state index contributed by atoms with van der Waals surface area (Å²) in [6, 6.07) is 6.47. The first kappa shape index (κ1) is 16.0. The molecule has 2 aromatic heterocycles. The van der Waals surface area contributed by atoms with Crippen molar-refractivity contribution in [1.29, 1.82) is 0 Å². The van der Waals surface area contributed by atoms with E-state index in [0.717, 1.165) is 36.6 Å². The molecule has 0 spiro atoms. The fourth-order valence-corrected chi connectivity index (χ4v) is 4.20. The summed E-state index contributed by atoms with van der Waals surface area (Å²) in [7, 11) is 0. The number of aryl methyl sites for hydroxylation is 1. The maximum atomic E-state index is 12.2. The summed E-state index contributed by atoms with van der Waals surface area (Å²) in [5.74, 6) is -0.151. The predicted octanol–water partition coefficient (Wildman–Crippen LogP) is 2.79. The van der Waals surface area contributed by atoms with Crippen LogP contribution in [0.15, 0.2) is 36.8 Å². The lowest BCUT2D eigenvalue weighted by atomic mass is 10.1. The van der Waals surface area contributed by atoms with E-state index in [-0.39, 0.29) is 11.9 Å². The number of aromatic nitrogens is 3. The molecule has 0 aliphatic carbocycles. The average molecular weight is 353 g/mol. The Kier molecular flexibility index (Phi) is 4.31. The van der Waals surface area contributed by atoms with E-state index in [1.54, 1.807) is 17.5 Å². The summed E-state index contributed by atoms with van der Waals surface area (Å²) in [5, 5.41) is 4.13. The molecule has 1 N–H and O–H groups in total. The van der Waals surface area contributed by atoms with E-state index in [0.29, 0.717) is 5.69 Å². The van der Waals surface area contributed by atoms with Gasteiger partial charge in [-0.3, -0.25) is 9.78 Å². The predicted molar refractivity (Wildman–Crippen MR) is 99.1 cm³/mol. The second kappa shape index (κ2) is 6.76. The number of carbonyl (C=O) groups excluding carboxylic acids is 1. The molecule has 0 atom stereocenters. The number of hydrogen-bond acceptors (Lipinski definition) is 6. The number of carbonyl (C=O) groups is 1. The molecule has 3 aromatic rings. The molecule has 1 amide bonds. The first-order valence-electron chi connectivity index (χ1n) is 8.39. The van der Waals surface area contributed by atoms with Gasteiger partial charge in [-0.15, -0.1) is 0 Å². The average Bonchev–Trinajstić information content (AvgIpc) is 3.09. The van der Waals surface area contributed by atoms with Gasteiger partial charge in [0.1, 0.15) is 5.69 Å². The summed E-state index contributed by atoms with van der Waals surface area (Å²) in [6.07, 6.45) is 6.40. The van der Waals surface area contributed by atoms with Gasteiger partial charge >= 0.3 is 0 Å². The molecule has 1 aliphatic heterocycles. The second-order valence-corrected chi connectivity index (χ2v) is 7.25. The zero-order chi connectivity index (χ0) is 17.2. The maximum absolute atomic E-state index is 12.2. The van der Waals surface area contributed by atoms with Crippen LogP contribution in [0.4, 0.5) is 5.13 Å². The molecule has 128 valence electrons. The largest absolute Gasteiger partial charge is 0.348 e. The highest BCUT2D eigenvalue weighted by molar-refractivity contribution is 7.22. The topological polar surface area (TPSA) is 71.0 Å². The first-order valence-corrected chi connectivity index (χ1v) is 9.20. The molecule has 1 saturated heterocycles. The van der Waals surface area contributed by atoms with Gasteiger partial charge in [0, 0.05) is 31.5 Å². The van der Waals surface area contributed by atoms with Crippen molar-refractivity contribution in [3.63, 3.8) is 0 Å². The number of para-hydroxylation sites is 1. The summed E-state index contributed by atoms with van der Waals surface area (Å²) in [6.45, 7) is 3.88. The lowest BCUT2D eigenvalue weighted by molar-refractivity contribution is 0.0925. The van der Waals surface area contributed by atoms with E-state index >= 15 is 0 Å². The Morgan fingerprint density at radius 2 is 2.12 bits per heavy atom. The van der Waals surface area contributed by atoms with Crippen molar-refractivity contribution >= 4 is 32.6 Å². The van der Waals surface area contributed by atoms with E-state index in [4.69, 9.17) is 4.98 Å². The molecule has 25 heavy (non-hydrogen) atoms. The van der Waals surface area contributed by atoms with Gasteiger partial charge in [-0.05, 0) is 31.4 Å². The third-order valence-electron chi connectivity index (χ3n) is 4.51. The van der Waals surface area contributed by atoms with Crippen LogP contribution >= 0.6 is 11.3 Å². The SMILES string of the molecule is Cc1cccc2sc(N3CCC(NC(=O)c4cnccn4)CC3)nc12. The van der Waals surface area contributed by atoms with Gasteiger partial charge in [-0.2, -0.15) is 0 Å². The van der Waals surface area contributed by atoms with Crippen molar-refractivity contribution in [2.75, 3.05) is 18.0 Å². The van der Waals surface area contributed by atoms with Crippen molar-refractivity contribution in [1.82, 2.24) is 20.3 Å². The molecule has 0 saturated carbocycles. The highest BCUT2D eigenvalue weighted by Crippen LogP contribution is 2.31. The molecule has 7 heteroatoms. The quantitative estimate of drug-likeness (QED) is 0.784. The van der Waals surface area contributed by atoms with E-state index in [2.05, 4.69) is 45.3 Å². The van der Waals surface area contributed by atoms with Gasteiger partial charge in [-0.1, -0.05) is 23.5 Å². The monoisotopic (exact) mass is 353 g/mol. The summed E-state index contributed by atoms with van der Waals surface area (Å²) in [4.78, 5) is 27.3. The van der Waals surface area contributed by atoms with Crippen LogP contribution in [0.5, 0.6) is 0 Å². The van der Waals surface area contributed by atoms with Gasteiger partial charge in [0.15, 0.2) is 5.13 Å². The molecular formula is C18H19N5OS. The fourth-order valence-electron chi connectivity index (χ4n) is 3.10. The third-order valence-corrected chi connectivity index (χ3v) is 5.59. The number of hydrogen-bond donors (Lipinski definition) is 1. The Hall–Kier alpha value is -2.54. The Morgan fingerprint density at radius 3 is 2.84 bits per heavy atom. The highest BCUT2D eigenvalue weighted by Gasteiger charge is 2.23. The number of anilines is 1. The van der Waals surface area contributed by atoms with Crippen molar-refractivity contribution in [2.24, 2.45) is 0 Å². The number of benzene rings is 1. The molecular weight excluding hydrogens is 334 g/mol. The van der Waals surface area contributed by atoms with Crippen molar-refractivity contribution in [3.05, 3.63) is 48.0 Å². The number of amides is 1. The Bertz CT molecular complexity index is 887. The Balaban J connectivity index is 1.39. The minimum Gasteiger partial charge on any atom is -0.348 e.